The predicted octanol–water partition coefficient (Wildman–Crippen LogP) is 4.44. The van der Waals surface area contributed by atoms with Crippen molar-refractivity contribution < 1.29 is 42.9 Å². The molecule has 2 atom stereocenters. The Hall–Kier alpha value is -3.91. The molecule has 11 nitrogen and oxygen atoms in total. The monoisotopic (exact) mass is 676 g/mol. The van der Waals surface area contributed by atoms with E-state index in [-0.39, 0.29) is 23.6 Å². The van der Waals surface area contributed by atoms with Gasteiger partial charge in [0.25, 0.3) is 0 Å². The summed E-state index contributed by atoms with van der Waals surface area (Å²) in [6.45, 7) is -0.0163. The lowest BCUT2D eigenvalue weighted by Gasteiger charge is -2.22. The summed E-state index contributed by atoms with van der Waals surface area (Å²) in [5, 5.41) is 31.4. The van der Waals surface area contributed by atoms with Crippen LogP contribution in [0.4, 0.5) is 0 Å². The molecular weight excluding hydrogens is 644 g/mol. The van der Waals surface area contributed by atoms with Gasteiger partial charge in [-0.1, -0.05) is 66.6 Å². The second kappa shape index (κ2) is 17.0. The number of hydrogen-bond donors (Lipinski definition) is 5. The minimum atomic E-state index is -4.07. The largest absolute Gasteiger partial charge is 0.507 e. The van der Waals surface area contributed by atoms with Crippen molar-refractivity contribution in [1.29, 1.82) is 0 Å². The molecule has 3 aromatic rings. The summed E-state index contributed by atoms with van der Waals surface area (Å²) in [6.07, 6.45) is 0.392. The van der Waals surface area contributed by atoms with Gasteiger partial charge in [0, 0.05) is 17.3 Å². The quantitative estimate of drug-likeness (QED) is 0.121. The number of hydrogen-bond acceptors (Lipinski definition) is 8. The van der Waals surface area contributed by atoms with Crippen LogP contribution in [-0.4, -0.2) is 65.7 Å². The molecule has 5 N–H and O–H groups in total. The molecule has 0 aliphatic heterocycles. The highest BCUT2D eigenvalue weighted by Crippen LogP contribution is 2.25. The minimum absolute atomic E-state index is 0.0163. The molecular formula is C31H33ClN2O9S2. The van der Waals surface area contributed by atoms with E-state index in [9.17, 15) is 37.8 Å². The Balaban J connectivity index is 1.61. The van der Waals surface area contributed by atoms with Gasteiger partial charge in [-0.2, -0.15) is 0 Å². The number of aromatic hydroxyl groups is 1. The van der Waals surface area contributed by atoms with E-state index in [1.165, 1.54) is 11.8 Å². The first-order valence-corrected chi connectivity index (χ1v) is 16.9. The number of nitrogens with one attached hydrogen (secondary N) is 2. The Morgan fingerprint density at radius 3 is 2.27 bits per heavy atom. The van der Waals surface area contributed by atoms with Gasteiger partial charge in [0.05, 0.1) is 29.0 Å². The number of unbranched alkanes of at least 4 members (excludes halogenated alkanes) is 1. The summed E-state index contributed by atoms with van der Waals surface area (Å²) < 4.78 is 27.7. The number of amides is 1. The fraction of sp³-hybridized carbons (Fsp3) is 0.290. The first kappa shape index (κ1) is 35.6. The van der Waals surface area contributed by atoms with E-state index < -0.39 is 63.3 Å². The Labute approximate surface area is 270 Å². The van der Waals surface area contributed by atoms with E-state index in [0.717, 1.165) is 23.8 Å². The predicted molar refractivity (Wildman–Crippen MR) is 170 cm³/mol. The number of carboxylic acids is 2. The van der Waals surface area contributed by atoms with Gasteiger partial charge in [-0.15, -0.1) is 11.8 Å². The van der Waals surface area contributed by atoms with E-state index in [0.29, 0.717) is 29.2 Å². The van der Waals surface area contributed by atoms with Crippen molar-refractivity contribution >= 4 is 57.0 Å². The fourth-order valence-electron chi connectivity index (χ4n) is 4.42. The van der Waals surface area contributed by atoms with Gasteiger partial charge >= 0.3 is 11.9 Å². The lowest BCUT2D eigenvalue weighted by atomic mass is 9.92. The van der Waals surface area contributed by atoms with Crippen LogP contribution in [0.2, 0.25) is 5.02 Å². The van der Waals surface area contributed by atoms with Gasteiger partial charge in [-0.3, -0.25) is 14.4 Å². The lowest BCUT2D eigenvalue weighted by Crippen LogP contribution is -2.45. The third kappa shape index (κ3) is 10.9. The van der Waals surface area contributed by atoms with Crippen molar-refractivity contribution in [3.63, 3.8) is 0 Å². The van der Waals surface area contributed by atoms with E-state index in [2.05, 4.69) is 10.0 Å². The molecule has 0 saturated carbocycles. The van der Waals surface area contributed by atoms with Crippen LogP contribution >= 0.6 is 23.4 Å². The molecule has 0 heterocycles. The number of carbonyl (C=O) groups excluding carboxylic acids is 2. The lowest BCUT2D eigenvalue weighted by molar-refractivity contribution is -0.140. The SMILES string of the molecule is O=C(O)C[C@H](NC(=O)C(CCCCNS(=O)(=O)c1ccc(O)c(C(=O)O)c1)c1ccccc1)C(=O)CSCc1ccccc1Cl. The molecule has 1 amide bonds. The summed E-state index contributed by atoms with van der Waals surface area (Å²) in [5.74, 6) is -4.58. The van der Waals surface area contributed by atoms with Gasteiger partial charge in [-0.25, -0.2) is 17.9 Å². The third-order valence-corrected chi connectivity index (χ3v) is 9.61. The van der Waals surface area contributed by atoms with Gasteiger partial charge in [0.2, 0.25) is 15.9 Å². The second-order valence-electron chi connectivity index (χ2n) is 10.1. The summed E-state index contributed by atoms with van der Waals surface area (Å²) in [5.41, 5.74) is 0.930. The van der Waals surface area contributed by atoms with Gasteiger partial charge in [0.15, 0.2) is 5.78 Å². The van der Waals surface area contributed by atoms with Gasteiger partial charge < -0.3 is 20.6 Å². The fourth-order valence-corrected chi connectivity index (χ4v) is 6.78. The smallest absolute Gasteiger partial charge is 0.339 e. The molecule has 3 aromatic carbocycles. The number of aliphatic carboxylic acids is 1. The van der Waals surface area contributed by atoms with E-state index in [1.807, 2.05) is 12.1 Å². The molecule has 0 bridgehead atoms. The minimum Gasteiger partial charge on any atom is -0.507 e. The van der Waals surface area contributed by atoms with Crippen molar-refractivity contribution in [2.24, 2.45) is 0 Å². The Bertz CT molecular complexity index is 1620. The number of phenols is 1. The highest BCUT2D eigenvalue weighted by Gasteiger charge is 2.28. The van der Waals surface area contributed by atoms with Crippen LogP contribution < -0.4 is 10.0 Å². The molecule has 3 rings (SSSR count). The standard InChI is InChI=1S/C31H33ClN2O9S2/c32-25-12-5-4-10-21(25)18-44-19-28(36)26(17-29(37)38)34-30(39)23(20-8-2-1-3-9-20)11-6-7-15-33-45(42,43)22-13-14-27(35)24(16-22)31(40)41/h1-5,8-10,12-14,16,23,26,33,35H,6-7,11,15,17-19H2,(H,34,39)(H,37,38)(H,40,41)/t23?,26-/m0/s1. The molecule has 0 spiro atoms. The first-order chi connectivity index (χ1) is 21.4. The number of halogens is 1. The number of carboxylic acid groups (broad SMARTS) is 2. The van der Waals surface area contributed by atoms with E-state index in [1.54, 1.807) is 42.5 Å². The van der Waals surface area contributed by atoms with Crippen LogP contribution in [-0.2, 0) is 30.2 Å². The third-order valence-electron chi connectivity index (χ3n) is 6.78. The Morgan fingerprint density at radius 2 is 1.60 bits per heavy atom. The van der Waals surface area contributed by atoms with Crippen LogP contribution in [0.25, 0.3) is 0 Å². The molecule has 1 unspecified atom stereocenters. The van der Waals surface area contributed by atoms with Crippen LogP contribution in [0.1, 0.15) is 53.1 Å². The first-order valence-electron chi connectivity index (χ1n) is 13.9. The van der Waals surface area contributed by atoms with Gasteiger partial charge in [-0.05, 0) is 48.2 Å². The second-order valence-corrected chi connectivity index (χ2v) is 13.2. The number of carbonyl (C=O) groups is 4. The molecule has 0 aliphatic carbocycles. The zero-order valence-electron chi connectivity index (χ0n) is 24.0. The van der Waals surface area contributed by atoms with Crippen LogP contribution in [0, 0.1) is 0 Å². The average molecular weight is 677 g/mol. The van der Waals surface area contributed by atoms with Crippen molar-refractivity contribution in [1.82, 2.24) is 10.0 Å². The molecule has 0 fully saturated rings. The molecule has 14 heteroatoms. The number of ketones is 1. The Morgan fingerprint density at radius 1 is 0.911 bits per heavy atom. The zero-order chi connectivity index (χ0) is 33.0. The normalized spacial score (nSPS) is 12.6. The molecule has 0 radical (unpaired) electrons. The van der Waals surface area contributed by atoms with Crippen LogP contribution in [0.3, 0.4) is 0 Å². The molecule has 0 aromatic heterocycles. The number of rotatable bonds is 18. The number of benzene rings is 3. The highest BCUT2D eigenvalue weighted by molar-refractivity contribution is 7.99. The highest BCUT2D eigenvalue weighted by atomic mass is 35.5. The van der Waals surface area contributed by atoms with Crippen LogP contribution in [0.5, 0.6) is 5.75 Å². The molecule has 0 aliphatic rings. The number of sulfonamides is 1. The maximum absolute atomic E-state index is 13.4. The maximum Gasteiger partial charge on any atom is 0.339 e. The van der Waals surface area contributed by atoms with Crippen molar-refractivity contribution in [2.45, 2.75) is 48.3 Å². The van der Waals surface area contributed by atoms with Crippen molar-refractivity contribution in [2.75, 3.05) is 12.3 Å². The molecule has 0 saturated heterocycles. The summed E-state index contributed by atoms with van der Waals surface area (Å²) in [6, 6.07) is 17.6. The summed E-state index contributed by atoms with van der Waals surface area (Å²) >= 11 is 7.43. The van der Waals surface area contributed by atoms with E-state index in [4.69, 9.17) is 16.7 Å². The molecule has 45 heavy (non-hydrogen) atoms. The summed E-state index contributed by atoms with van der Waals surface area (Å²) in [4.78, 5) is 48.9. The maximum atomic E-state index is 13.4. The van der Waals surface area contributed by atoms with Gasteiger partial charge in [0.1, 0.15) is 11.3 Å². The average Bonchev–Trinajstić information content (AvgIpc) is 2.99. The number of thioether (sulfide) groups is 1. The zero-order valence-corrected chi connectivity index (χ0v) is 26.4. The number of aromatic carboxylic acids is 1. The van der Waals surface area contributed by atoms with Crippen LogP contribution in [0.15, 0.2) is 77.7 Å². The van der Waals surface area contributed by atoms with Crippen molar-refractivity contribution in [3.05, 3.63) is 94.5 Å². The Kier molecular flexibility index (Phi) is 13.4. The topological polar surface area (TPSA) is 187 Å². The molecule has 240 valence electrons. The number of Topliss-reactive ketones (excluding diaryl/α,β-unsaturated/α-hetero) is 1. The van der Waals surface area contributed by atoms with Crippen molar-refractivity contribution in [3.8, 4) is 5.75 Å². The summed E-state index contributed by atoms with van der Waals surface area (Å²) in [7, 11) is -4.07. The van der Waals surface area contributed by atoms with E-state index >= 15 is 0 Å².